The van der Waals surface area contributed by atoms with Gasteiger partial charge in [0.05, 0.1) is 11.0 Å². The van der Waals surface area contributed by atoms with Crippen molar-refractivity contribution in [3.63, 3.8) is 0 Å². The zero-order valence-corrected chi connectivity index (χ0v) is 15.5. The molecule has 0 aromatic heterocycles. The summed E-state index contributed by atoms with van der Waals surface area (Å²) in [4.78, 5) is 0.228. The summed E-state index contributed by atoms with van der Waals surface area (Å²) in [5, 5.41) is 10.3. The van der Waals surface area contributed by atoms with Crippen molar-refractivity contribution in [3.8, 4) is 0 Å². The van der Waals surface area contributed by atoms with Gasteiger partial charge in [-0.05, 0) is 38.0 Å². The molecule has 0 aliphatic carbocycles. The van der Waals surface area contributed by atoms with E-state index < -0.39 is 22.2 Å². The Bertz CT molecular complexity index is 785. The molecule has 1 N–H and O–H groups in total. The maximum Gasteiger partial charge on any atom is 0.243 e. The van der Waals surface area contributed by atoms with Crippen molar-refractivity contribution in [2.45, 2.75) is 43.9 Å². The Labute approximate surface area is 150 Å². The largest absolute Gasteiger partial charge is 0.391 e. The highest BCUT2D eigenvalue weighted by Gasteiger charge is 2.32. The number of aliphatic hydroxyl groups excluding tert-OH is 1. The number of hydrogen-bond donors (Lipinski definition) is 1. The van der Waals surface area contributed by atoms with E-state index in [0.717, 1.165) is 11.1 Å². The van der Waals surface area contributed by atoms with Crippen molar-refractivity contribution in [1.29, 1.82) is 0 Å². The topological polar surface area (TPSA) is 57.6 Å². The fourth-order valence-electron chi connectivity index (χ4n) is 2.62. The number of hydrogen-bond acceptors (Lipinski definition) is 3. The third kappa shape index (κ3) is 4.78. The normalized spacial score (nSPS) is 14.2. The fraction of sp³-hybridized carbons (Fsp3) is 0.300. The Hall–Kier alpha value is -1.95. The summed E-state index contributed by atoms with van der Waals surface area (Å²) in [6, 6.07) is 15.6. The molecule has 2 atom stereocenters. The summed E-state index contributed by atoms with van der Waals surface area (Å²) in [6.07, 6.45) is 1.11. The van der Waals surface area contributed by atoms with Gasteiger partial charge in [-0.3, -0.25) is 0 Å². The van der Waals surface area contributed by atoms with E-state index in [4.69, 9.17) is 0 Å². The van der Waals surface area contributed by atoms with Gasteiger partial charge < -0.3 is 5.11 Å². The molecule has 134 valence electrons. The van der Waals surface area contributed by atoms with Crippen LogP contribution < -0.4 is 0 Å². The lowest BCUT2D eigenvalue weighted by Gasteiger charge is -2.31. The third-order valence-electron chi connectivity index (χ3n) is 4.23. The number of sulfonamides is 1. The minimum Gasteiger partial charge on any atom is -0.391 e. The van der Waals surface area contributed by atoms with E-state index in [2.05, 4.69) is 6.58 Å². The van der Waals surface area contributed by atoms with E-state index in [1.807, 2.05) is 37.3 Å². The molecule has 0 bridgehead atoms. The minimum atomic E-state index is -3.74. The molecule has 2 rings (SSSR count). The summed E-state index contributed by atoms with van der Waals surface area (Å²) >= 11 is 0. The molecule has 2 aromatic rings. The number of aryl methyl sites for hydroxylation is 1. The van der Waals surface area contributed by atoms with Gasteiger partial charge in [-0.2, -0.15) is 4.31 Å². The molecule has 0 aliphatic heterocycles. The maximum atomic E-state index is 13.2. The van der Waals surface area contributed by atoms with Crippen molar-refractivity contribution in [2.24, 2.45) is 0 Å². The van der Waals surface area contributed by atoms with Crippen LogP contribution in [0, 0.1) is 6.92 Å². The molecular formula is C20H25NO3S. The Morgan fingerprint density at radius 3 is 2.28 bits per heavy atom. The molecular weight excluding hydrogens is 334 g/mol. The second-order valence-electron chi connectivity index (χ2n) is 6.18. The standard InChI is InChI=1S/C20H25NO3S/c1-4-8-20(22)17(3)21(15-18-9-6-5-7-10-18)25(23,24)19-13-11-16(2)12-14-19/h4-7,9-14,17,20,22H,1,8,15H2,2-3H3/t17-,20-/m0/s1. The molecule has 4 nitrogen and oxygen atoms in total. The summed E-state index contributed by atoms with van der Waals surface area (Å²) in [5.41, 5.74) is 1.86. The smallest absolute Gasteiger partial charge is 0.243 e. The van der Waals surface area contributed by atoms with Gasteiger partial charge in [0.2, 0.25) is 10.0 Å². The zero-order valence-electron chi connectivity index (χ0n) is 14.7. The Morgan fingerprint density at radius 1 is 1.12 bits per heavy atom. The third-order valence-corrected chi connectivity index (χ3v) is 6.18. The van der Waals surface area contributed by atoms with E-state index in [9.17, 15) is 13.5 Å². The lowest BCUT2D eigenvalue weighted by atomic mass is 10.1. The van der Waals surface area contributed by atoms with Crippen LogP contribution in [0.4, 0.5) is 0 Å². The number of benzene rings is 2. The van der Waals surface area contributed by atoms with E-state index in [0.29, 0.717) is 6.42 Å². The number of aliphatic hydroxyl groups is 1. The van der Waals surface area contributed by atoms with Crippen LogP contribution in [0.15, 0.2) is 72.1 Å². The highest BCUT2D eigenvalue weighted by Crippen LogP contribution is 2.23. The Balaban J connectivity index is 2.41. The van der Waals surface area contributed by atoms with E-state index in [-0.39, 0.29) is 11.4 Å². The van der Waals surface area contributed by atoms with E-state index in [1.54, 1.807) is 37.3 Å². The van der Waals surface area contributed by atoms with Gasteiger partial charge in [-0.15, -0.1) is 6.58 Å². The van der Waals surface area contributed by atoms with Crippen LogP contribution in [0.25, 0.3) is 0 Å². The minimum absolute atomic E-state index is 0.201. The first-order valence-electron chi connectivity index (χ1n) is 8.27. The molecule has 0 aliphatic rings. The van der Waals surface area contributed by atoms with Crippen LogP contribution in [0.3, 0.4) is 0 Å². The fourth-order valence-corrected chi connectivity index (χ4v) is 4.26. The highest BCUT2D eigenvalue weighted by atomic mass is 32.2. The second-order valence-corrected chi connectivity index (χ2v) is 8.07. The molecule has 0 unspecified atom stereocenters. The SMILES string of the molecule is C=CC[C@H](O)[C@H](C)N(Cc1ccccc1)S(=O)(=O)c1ccc(C)cc1. The summed E-state index contributed by atoms with van der Waals surface area (Å²) in [7, 11) is -3.74. The predicted octanol–water partition coefficient (Wildman–Crippen LogP) is 3.51. The molecule has 0 fully saturated rings. The average molecular weight is 359 g/mol. The molecule has 2 aromatic carbocycles. The van der Waals surface area contributed by atoms with Crippen LogP contribution in [0.1, 0.15) is 24.5 Å². The first-order valence-corrected chi connectivity index (χ1v) is 9.71. The molecule has 25 heavy (non-hydrogen) atoms. The molecule has 0 amide bonds. The van der Waals surface area contributed by atoms with Gasteiger partial charge in [0.25, 0.3) is 0 Å². The van der Waals surface area contributed by atoms with Gasteiger partial charge in [-0.1, -0.05) is 54.1 Å². The van der Waals surface area contributed by atoms with Gasteiger partial charge >= 0.3 is 0 Å². The molecule has 0 heterocycles. The average Bonchev–Trinajstić information content (AvgIpc) is 2.60. The second kappa shape index (κ2) is 8.43. The predicted molar refractivity (Wildman–Crippen MR) is 101 cm³/mol. The van der Waals surface area contributed by atoms with Gasteiger partial charge in [0, 0.05) is 12.6 Å². The first-order chi connectivity index (χ1) is 11.9. The first kappa shape index (κ1) is 19.4. The van der Waals surface area contributed by atoms with E-state index in [1.165, 1.54) is 4.31 Å². The quantitative estimate of drug-likeness (QED) is 0.734. The lowest BCUT2D eigenvalue weighted by molar-refractivity contribution is 0.0982. The molecule has 0 saturated carbocycles. The van der Waals surface area contributed by atoms with Gasteiger partial charge in [0.15, 0.2) is 0 Å². The Morgan fingerprint density at radius 2 is 1.72 bits per heavy atom. The maximum absolute atomic E-state index is 13.2. The monoisotopic (exact) mass is 359 g/mol. The molecule has 5 heteroatoms. The van der Waals surface area contributed by atoms with Gasteiger partial charge in [-0.25, -0.2) is 8.42 Å². The highest BCUT2D eigenvalue weighted by molar-refractivity contribution is 7.89. The summed E-state index contributed by atoms with van der Waals surface area (Å²) in [6.45, 7) is 7.47. The van der Waals surface area contributed by atoms with Crippen LogP contribution in [0.5, 0.6) is 0 Å². The van der Waals surface area contributed by atoms with Crippen LogP contribution in [-0.2, 0) is 16.6 Å². The molecule has 0 spiro atoms. The van der Waals surface area contributed by atoms with Crippen LogP contribution in [0.2, 0.25) is 0 Å². The van der Waals surface area contributed by atoms with Crippen molar-refractivity contribution >= 4 is 10.0 Å². The van der Waals surface area contributed by atoms with E-state index >= 15 is 0 Å². The molecule has 0 saturated heterocycles. The summed E-state index contributed by atoms with van der Waals surface area (Å²) < 4.78 is 27.7. The Kier molecular flexibility index (Phi) is 6.53. The zero-order chi connectivity index (χ0) is 18.4. The van der Waals surface area contributed by atoms with Crippen molar-refractivity contribution in [2.75, 3.05) is 0 Å². The van der Waals surface area contributed by atoms with Crippen LogP contribution in [-0.4, -0.2) is 30.0 Å². The van der Waals surface area contributed by atoms with Crippen molar-refractivity contribution < 1.29 is 13.5 Å². The number of nitrogens with zero attached hydrogens (tertiary/aromatic N) is 1. The van der Waals surface area contributed by atoms with Crippen molar-refractivity contribution in [1.82, 2.24) is 4.31 Å². The molecule has 0 radical (unpaired) electrons. The number of rotatable bonds is 8. The van der Waals surface area contributed by atoms with Crippen LogP contribution >= 0.6 is 0 Å². The van der Waals surface area contributed by atoms with Crippen molar-refractivity contribution in [3.05, 3.63) is 78.4 Å². The van der Waals surface area contributed by atoms with Gasteiger partial charge in [0.1, 0.15) is 0 Å². The summed E-state index contributed by atoms with van der Waals surface area (Å²) in [5.74, 6) is 0. The lowest BCUT2D eigenvalue weighted by Crippen LogP contribution is -2.44.